The third-order valence-corrected chi connectivity index (χ3v) is 6.21. The second-order valence-electron chi connectivity index (χ2n) is 5.13. The van der Waals surface area contributed by atoms with Gasteiger partial charge in [-0.2, -0.15) is 4.31 Å². The summed E-state index contributed by atoms with van der Waals surface area (Å²) in [5.41, 5.74) is 6.33. The summed E-state index contributed by atoms with van der Waals surface area (Å²) in [6.45, 7) is 3.84. The predicted molar refractivity (Wildman–Crippen MR) is 80.4 cm³/mol. The number of nitrogens with zero attached hydrogens (tertiary/aromatic N) is 2. The second-order valence-corrected chi connectivity index (χ2v) is 7.40. The van der Waals surface area contributed by atoms with Gasteiger partial charge >= 0.3 is 0 Å². The van der Waals surface area contributed by atoms with Crippen LogP contribution in [0, 0.1) is 6.92 Å². The highest BCUT2D eigenvalue weighted by atomic mass is 35.5. The minimum absolute atomic E-state index is 0.197. The summed E-state index contributed by atoms with van der Waals surface area (Å²) in [4.78, 5) is 2.36. The monoisotopic (exact) mass is 317 g/mol. The van der Waals surface area contributed by atoms with Crippen molar-refractivity contribution in [2.45, 2.75) is 17.9 Å². The lowest BCUT2D eigenvalue weighted by atomic mass is 10.2. The fraction of sp³-hybridized carbons (Fsp3) is 0.538. The molecule has 1 unspecified atom stereocenters. The minimum atomic E-state index is -3.56. The van der Waals surface area contributed by atoms with Gasteiger partial charge in [-0.3, -0.25) is 0 Å². The summed E-state index contributed by atoms with van der Waals surface area (Å²) < 4.78 is 27.2. The first kappa shape index (κ1) is 15.7. The molecule has 0 aliphatic carbocycles. The zero-order valence-electron chi connectivity index (χ0n) is 11.7. The van der Waals surface area contributed by atoms with Gasteiger partial charge in [0, 0.05) is 31.2 Å². The molecule has 112 valence electrons. The predicted octanol–water partition coefficient (Wildman–Crippen LogP) is 0.912. The Morgan fingerprint density at radius 1 is 1.40 bits per heavy atom. The molecule has 2 rings (SSSR count). The van der Waals surface area contributed by atoms with Crippen LogP contribution < -0.4 is 5.73 Å². The summed E-state index contributed by atoms with van der Waals surface area (Å²) in [6.07, 6.45) is 0. The number of rotatable bonds is 3. The van der Waals surface area contributed by atoms with Crippen LogP contribution in [0.2, 0.25) is 5.02 Å². The number of hydrogen-bond donors (Lipinski definition) is 1. The van der Waals surface area contributed by atoms with Crippen LogP contribution in [0.15, 0.2) is 23.1 Å². The van der Waals surface area contributed by atoms with Gasteiger partial charge in [-0.15, -0.1) is 0 Å². The molecule has 5 nitrogen and oxygen atoms in total. The van der Waals surface area contributed by atoms with Crippen LogP contribution in [0.25, 0.3) is 0 Å². The first-order chi connectivity index (χ1) is 9.37. The van der Waals surface area contributed by atoms with Gasteiger partial charge in [0.25, 0.3) is 0 Å². The average molecular weight is 318 g/mol. The van der Waals surface area contributed by atoms with Crippen molar-refractivity contribution in [3.63, 3.8) is 0 Å². The SMILES string of the molecule is Cc1c(Cl)cccc1S(=O)(=O)N1CCN(C)CC1CN. The van der Waals surface area contributed by atoms with Gasteiger partial charge < -0.3 is 10.6 Å². The van der Waals surface area contributed by atoms with Crippen molar-refractivity contribution in [3.8, 4) is 0 Å². The highest BCUT2D eigenvalue weighted by molar-refractivity contribution is 7.89. The molecule has 1 aliphatic rings. The molecular formula is C13H20ClN3O2S. The van der Waals surface area contributed by atoms with Crippen LogP contribution >= 0.6 is 11.6 Å². The number of halogens is 1. The van der Waals surface area contributed by atoms with E-state index in [2.05, 4.69) is 4.90 Å². The average Bonchev–Trinajstić information content (AvgIpc) is 2.41. The Morgan fingerprint density at radius 2 is 2.10 bits per heavy atom. The van der Waals surface area contributed by atoms with Crippen LogP contribution in [-0.4, -0.2) is 56.9 Å². The Balaban J connectivity index is 2.41. The molecule has 1 heterocycles. The van der Waals surface area contributed by atoms with Crippen LogP contribution in [0.4, 0.5) is 0 Å². The Hall–Kier alpha value is -0.660. The number of hydrogen-bond acceptors (Lipinski definition) is 4. The molecule has 0 saturated carbocycles. The molecule has 2 N–H and O–H groups in total. The molecule has 0 bridgehead atoms. The van der Waals surface area contributed by atoms with Crippen molar-refractivity contribution in [3.05, 3.63) is 28.8 Å². The molecule has 1 aromatic rings. The fourth-order valence-electron chi connectivity index (χ4n) is 2.50. The van der Waals surface area contributed by atoms with E-state index in [1.807, 2.05) is 7.05 Å². The topological polar surface area (TPSA) is 66.6 Å². The highest BCUT2D eigenvalue weighted by Crippen LogP contribution is 2.27. The molecule has 1 fully saturated rings. The molecule has 1 aromatic carbocycles. The molecule has 1 aliphatic heterocycles. The number of piperazine rings is 1. The quantitative estimate of drug-likeness (QED) is 0.900. The first-order valence-electron chi connectivity index (χ1n) is 6.53. The lowest BCUT2D eigenvalue weighted by Crippen LogP contribution is -2.56. The van der Waals surface area contributed by atoms with Crippen molar-refractivity contribution >= 4 is 21.6 Å². The normalized spacial score (nSPS) is 22.1. The fourth-order valence-corrected chi connectivity index (χ4v) is 4.59. The maximum Gasteiger partial charge on any atom is 0.243 e. The van der Waals surface area contributed by atoms with E-state index in [0.29, 0.717) is 36.8 Å². The van der Waals surface area contributed by atoms with Crippen molar-refractivity contribution in [2.24, 2.45) is 5.73 Å². The van der Waals surface area contributed by atoms with Crippen molar-refractivity contribution < 1.29 is 8.42 Å². The van der Waals surface area contributed by atoms with Crippen molar-refractivity contribution in [2.75, 3.05) is 33.2 Å². The van der Waals surface area contributed by atoms with Gasteiger partial charge in [0.1, 0.15) is 0 Å². The van der Waals surface area contributed by atoms with Gasteiger partial charge in [0.2, 0.25) is 10.0 Å². The van der Waals surface area contributed by atoms with E-state index in [0.717, 1.165) is 0 Å². The molecule has 0 aromatic heterocycles. The lowest BCUT2D eigenvalue weighted by Gasteiger charge is -2.38. The van der Waals surface area contributed by atoms with Crippen molar-refractivity contribution in [1.29, 1.82) is 0 Å². The summed E-state index contributed by atoms with van der Waals surface area (Å²) in [5.74, 6) is 0. The molecular weight excluding hydrogens is 298 g/mol. The smallest absolute Gasteiger partial charge is 0.243 e. The minimum Gasteiger partial charge on any atom is -0.329 e. The van der Waals surface area contributed by atoms with Gasteiger partial charge in [-0.25, -0.2) is 8.42 Å². The number of sulfonamides is 1. The van der Waals surface area contributed by atoms with E-state index in [1.165, 1.54) is 4.31 Å². The first-order valence-corrected chi connectivity index (χ1v) is 8.35. The number of benzene rings is 1. The Labute approximate surface area is 125 Å². The second kappa shape index (κ2) is 5.99. The maximum atomic E-state index is 12.8. The highest BCUT2D eigenvalue weighted by Gasteiger charge is 2.35. The summed E-state index contributed by atoms with van der Waals surface area (Å²) in [5, 5.41) is 0.463. The summed E-state index contributed by atoms with van der Waals surface area (Å²) in [6, 6.07) is 4.76. The zero-order valence-corrected chi connectivity index (χ0v) is 13.3. The van der Waals surface area contributed by atoms with Crippen LogP contribution in [0.5, 0.6) is 0 Å². The van der Waals surface area contributed by atoms with E-state index in [4.69, 9.17) is 17.3 Å². The maximum absolute atomic E-state index is 12.8. The lowest BCUT2D eigenvalue weighted by molar-refractivity contribution is 0.164. The molecule has 0 amide bonds. The standard InChI is InChI=1S/C13H20ClN3O2S/c1-10-12(14)4-3-5-13(10)20(18,19)17-7-6-16(2)9-11(17)8-15/h3-5,11H,6-9,15H2,1-2H3. The molecule has 0 radical (unpaired) electrons. The molecule has 1 saturated heterocycles. The van der Waals surface area contributed by atoms with Gasteiger partial charge in [-0.1, -0.05) is 17.7 Å². The van der Waals surface area contributed by atoms with E-state index in [1.54, 1.807) is 25.1 Å². The number of nitrogens with two attached hydrogens (primary N) is 1. The van der Waals surface area contributed by atoms with Crippen LogP contribution in [0.1, 0.15) is 5.56 Å². The van der Waals surface area contributed by atoms with Gasteiger partial charge in [0.05, 0.1) is 10.9 Å². The Morgan fingerprint density at radius 3 is 2.75 bits per heavy atom. The molecule has 1 atom stereocenters. The van der Waals surface area contributed by atoms with E-state index < -0.39 is 10.0 Å². The molecule has 7 heteroatoms. The van der Waals surface area contributed by atoms with Gasteiger partial charge in [0.15, 0.2) is 0 Å². The van der Waals surface area contributed by atoms with Gasteiger partial charge in [-0.05, 0) is 31.7 Å². The molecule has 0 spiro atoms. The van der Waals surface area contributed by atoms with E-state index >= 15 is 0 Å². The zero-order chi connectivity index (χ0) is 14.9. The largest absolute Gasteiger partial charge is 0.329 e. The third kappa shape index (κ3) is 2.84. The van der Waals surface area contributed by atoms with Crippen LogP contribution in [-0.2, 0) is 10.0 Å². The molecule has 20 heavy (non-hydrogen) atoms. The van der Waals surface area contributed by atoms with Crippen molar-refractivity contribution in [1.82, 2.24) is 9.21 Å². The Kier molecular flexibility index (Phi) is 4.71. The summed E-state index contributed by atoms with van der Waals surface area (Å²) >= 11 is 6.04. The number of likely N-dealkylation sites (N-methyl/N-ethyl adjacent to an activating group) is 1. The summed E-state index contributed by atoms with van der Waals surface area (Å²) in [7, 11) is -1.59. The van der Waals surface area contributed by atoms with Crippen LogP contribution in [0.3, 0.4) is 0 Å². The van der Waals surface area contributed by atoms with E-state index in [9.17, 15) is 8.42 Å². The Bertz CT molecular complexity index is 591. The third-order valence-electron chi connectivity index (χ3n) is 3.71. The van der Waals surface area contributed by atoms with E-state index in [-0.39, 0.29) is 10.9 Å².